The normalized spacial score (nSPS) is 13.5. The van der Waals surface area contributed by atoms with Crippen LogP contribution in [0.1, 0.15) is 10.4 Å². The number of nitrogens with one attached hydrogen (secondary N) is 2. The highest BCUT2D eigenvalue weighted by atomic mass is 16.6. The van der Waals surface area contributed by atoms with Crippen LogP contribution in [-0.2, 0) is 4.74 Å². The summed E-state index contributed by atoms with van der Waals surface area (Å²) in [5.74, 6) is -0.402. The molecule has 158 valence electrons. The standard InChI is InChI=1S/C23H22N4O4/c28-23(25-20-9-7-19(8-10-20)24-18-4-2-1-3-5-18)17-6-11-21(22(16-17)27(29)30)26-12-14-31-15-13-26/h1-11,16,24H,12-15H2,(H,25,28). The lowest BCUT2D eigenvalue weighted by molar-refractivity contribution is -0.384. The zero-order valence-electron chi connectivity index (χ0n) is 16.8. The van der Waals surface area contributed by atoms with Crippen LogP contribution in [0.3, 0.4) is 0 Å². The molecule has 2 N–H and O–H groups in total. The zero-order valence-corrected chi connectivity index (χ0v) is 16.8. The number of nitro groups is 1. The van der Waals surface area contributed by atoms with E-state index in [-0.39, 0.29) is 11.3 Å². The molecular weight excluding hydrogens is 396 g/mol. The summed E-state index contributed by atoms with van der Waals surface area (Å²) < 4.78 is 5.31. The third-order valence-corrected chi connectivity index (χ3v) is 4.99. The molecule has 1 fully saturated rings. The summed E-state index contributed by atoms with van der Waals surface area (Å²) in [5.41, 5.74) is 3.10. The second-order valence-electron chi connectivity index (χ2n) is 7.08. The van der Waals surface area contributed by atoms with Crippen LogP contribution >= 0.6 is 0 Å². The molecule has 31 heavy (non-hydrogen) atoms. The van der Waals surface area contributed by atoms with E-state index in [9.17, 15) is 14.9 Å². The molecule has 0 spiro atoms. The number of ether oxygens (including phenoxy) is 1. The van der Waals surface area contributed by atoms with Crippen LogP contribution in [0.4, 0.5) is 28.4 Å². The largest absolute Gasteiger partial charge is 0.378 e. The summed E-state index contributed by atoms with van der Waals surface area (Å²) in [6.45, 7) is 2.20. The maximum absolute atomic E-state index is 12.7. The first-order valence-corrected chi connectivity index (χ1v) is 9.95. The van der Waals surface area contributed by atoms with Gasteiger partial charge in [0.25, 0.3) is 11.6 Å². The number of rotatable bonds is 6. The van der Waals surface area contributed by atoms with E-state index in [1.54, 1.807) is 24.3 Å². The molecule has 3 aromatic carbocycles. The van der Waals surface area contributed by atoms with Crippen molar-refractivity contribution in [3.63, 3.8) is 0 Å². The number of anilines is 4. The Morgan fingerprint density at radius 2 is 1.55 bits per heavy atom. The van der Waals surface area contributed by atoms with Crippen molar-refractivity contribution in [3.05, 3.63) is 88.5 Å². The van der Waals surface area contributed by atoms with Crippen molar-refractivity contribution in [2.45, 2.75) is 0 Å². The second-order valence-corrected chi connectivity index (χ2v) is 7.08. The number of carbonyl (C=O) groups excluding carboxylic acids is 1. The van der Waals surface area contributed by atoms with Gasteiger partial charge in [-0.05, 0) is 48.5 Å². The van der Waals surface area contributed by atoms with Gasteiger partial charge >= 0.3 is 0 Å². The summed E-state index contributed by atoms with van der Waals surface area (Å²) in [5, 5.41) is 17.7. The minimum atomic E-state index is -0.453. The van der Waals surface area contributed by atoms with Crippen molar-refractivity contribution in [2.24, 2.45) is 0 Å². The number of para-hydroxylation sites is 1. The van der Waals surface area contributed by atoms with Gasteiger partial charge in [0, 0.05) is 41.8 Å². The van der Waals surface area contributed by atoms with Crippen molar-refractivity contribution >= 4 is 34.3 Å². The molecule has 1 saturated heterocycles. The van der Waals surface area contributed by atoms with Crippen LogP contribution < -0.4 is 15.5 Å². The maximum Gasteiger partial charge on any atom is 0.293 e. The molecular formula is C23H22N4O4. The lowest BCUT2D eigenvalue weighted by Gasteiger charge is -2.28. The second kappa shape index (κ2) is 9.27. The third kappa shape index (κ3) is 4.99. The fraction of sp³-hybridized carbons (Fsp3) is 0.174. The minimum absolute atomic E-state index is 0.0861. The molecule has 8 heteroatoms. The summed E-state index contributed by atoms with van der Waals surface area (Å²) in [7, 11) is 0. The SMILES string of the molecule is O=C(Nc1ccc(Nc2ccccc2)cc1)c1ccc(N2CCOCC2)c([N+](=O)[O-])c1. The van der Waals surface area contributed by atoms with E-state index < -0.39 is 10.8 Å². The van der Waals surface area contributed by atoms with Crippen LogP contribution in [0.15, 0.2) is 72.8 Å². The Balaban J connectivity index is 1.46. The van der Waals surface area contributed by atoms with Crippen LogP contribution in [-0.4, -0.2) is 37.1 Å². The van der Waals surface area contributed by atoms with E-state index in [4.69, 9.17) is 4.74 Å². The number of nitro benzene ring substituents is 1. The number of nitrogens with zero attached hydrogens (tertiary/aromatic N) is 2. The fourth-order valence-electron chi connectivity index (χ4n) is 3.41. The molecule has 1 heterocycles. The molecule has 0 radical (unpaired) electrons. The number of hydrogen-bond donors (Lipinski definition) is 2. The predicted molar refractivity (Wildman–Crippen MR) is 120 cm³/mol. The number of hydrogen-bond acceptors (Lipinski definition) is 6. The third-order valence-electron chi connectivity index (χ3n) is 4.99. The molecule has 0 atom stereocenters. The molecule has 0 aliphatic carbocycles. The quantitative estimate of drug-likeness (QED) is 0.454. The highest BCUT2D eigenvalue weighted by Crippen LogP contribution is 2.30. The summed E-state index contributed by atoms with van der Waals surface area (Å²) in [6, 6.07) is 21.6. The van der Waals surface area contributed by atoms with Crippen molar-refractivity contribution in [1.82, 2.24) is 0 Å². The van der Waals surface area contributed by atoms with Crippen molar-refractivity contribution < 1.29 is 14.5 Å². The molecule has 1 aliphatic heterocycles. The van der Waals surface area contributed by atoms with E-state index in [0.717, 1.165) is 11.4 Å². The Labute approximate surface area is 179 Å². The molecule has 1 aliphatic rings. The Hall–Kier alpha value is -3.91. The van der Waals surface area contributed by atoms with Gasteiger partial charge in [0.15, 0.2) is 0 Å². The van der Waals surface area contributed by atoms with Gasteiger partial charge in [0.05, 0.1) is 18.1 Å². The Kier molecular flexibility index (Phi) is 6.09. The smallest absolute Gasteiger partial charge is 0.293 e. The Morgan fingerprint density at radius 3 is 2.23 bits per heavy atom. The average Bonchev–Trinajstić information content (AvgIpc) is 2.81. The van der Waals surface area contributed by atoms with Crippen LogP contribution in [0.25, 0.3) is 0 Å². The minimum Gasteiger partial charge on any atom is -0.378 e. The first-order valence-electron chi connectivity index (χ1n) is 9.95. The Bertz CT molecular complexity index is 1060. The van der Waals surface area contributed by atoms with Crippen LogP contribution in [0.5, 0.6) is 0 Å². The van der Waals surface area contributed by atoms with Gasteiger partial charge < -0.3 is 20.3 Å². The molecule has 0 unspecified atom stereocenters. The lowest BCUT2D eigenvalue weighted by atomic mass is 10.1. The molecule has 0 saturated carbocycles. The number of amides is 1. The predicted octanol–water partition coefficient (Wildman–Crippen LogP) is 4.43. The average molecular weight is 418 g/mol. The van der Waals surface area contributed by atoms with Gasteiger partial charge in [-0.25, -0.2) is 0 Å². The summed E-state index contributed by atoms with van der Waals surface area (Å²) in [4.78, 5) is 25.7. The lowest BCUT2D eigenvalue weighted by Crippen LogP contribution is -2.36. The van der Waals surface area contributed by atoms with Crippen LogP contribution in [0, 0.1) is 10.1 Å². The Morgan fingerprint density at radius 1 is 0.903 bits per heavy atom. The molecule has 1 amide bonds. The molecule has 8 nitrogen and oxygen atoms in total. The van der Waals surface area contributed by atoms with Gasteiger partial charge in [0.2, 0.25) is 0 Å². The summed E-state index contributed by atoms with van der Waals surface area (Å²) in [6.07, 6.45) is 0. The highest BCUT2D eigenvalue weighted by molar-refractivity contribution is 6.05. The number of morpholine rings is 1. The van der Waals surface area contributed by atoms with Crippen molar-refractivity contribution in [3.8, 4) is 0 Å². The van der Waals surface area contributed by atoms with Gasteiger partial charge in [-0.3, -0.25) is 14.9 Å². The van der Waals surface area contributed by atoms with Gasteiger partial charge in [-0.2, -0.15) is 0 Å². The molecule has 3 aromatic rings. The maximum atomic E-state index is 12.7. The highest BCUT2D eigenvalue weighted by Gasteiger charge is 2.23. The van der Waals surface area contributed by atoms with E-state index in [1.165, 1.54) is 6.07 Å². The van der Waals surface area contributed by atoms with Crippen molar-refractivity contribution in [1.29, 1.82) is 0 Å². The van der Waals surface area contributed by atoms with E-state index in [2.05, 4.69) is 10.6 Å². The monoisotopic (exact) mass is 418 g/mol. The van der Waals surface area contributed by atoms with E-state index in [1.807, 2.05) is 47.4 Å². The fourth-order valence-corrected chi connectivity index (χ4v) is 3.41. The van der Waals surface area contributed by atoms with E-state index in [0.29, 0.717) is 37.7 Å². The van der Waals surface area contributed by atoms with E-state index >= 15 is 0 Å². The first-order chi connectivity index (χ1) is 15.1. The summed E-state index contributed by atoms with van der Waals surface area (Å²) >= 11 is 0. The van der Waals surface area contributed by atoms with Crippen LogP contribution in [0.2, 0.25) is 0 Å². The number of benzene rings is 3. The number of carbonyl (C=O) groups is 1. The zero-order chi connectivity index (χ0) is 21.6. The van der Waals surface area contributed by atoms with Crippen molar-refractivity contribution in [2.75, 3.05) is 41.8 Å². The molecule has 0 aromatic heterocycles. The molecule has 4 rings (SSSR count). The first kappa shape index (κ1) is 20.4. The van der Waals surface area contributed by atoms with Gasteiger partial charge in [0.1, 0.15) is 5.69 Å². The van der Waals surface area contributed by atoms with Gasteiger partial charge in [-0.1, -0.05) is 18.2 Å². The molecule has 0 bridgehead atoms. The van der Waals surface area contributed by atoms with Gasteiger partial charge in [-0.15, -0.1) is 0 Å². The topological polar surface area (TPSA) is 96.7 Å².